The van der Waals surface area contributed by atoms with Crippen molar-refractivity contribution < 1.29 is 0 Å². The van der Waals surface area contributed by atoms with Crippen LogP contribution in [0.25, 0.3) is 0 Å². The summed E-state index contributed by atoms with van der Waals surface area (Å²) >= 11 is 0. The van der Waals surface area contributed by atoms with Gasteiger partial charge in [0.1, 0.15) is 0 Å². The Morgan fingerprint density at radius 1 is 1.00 bits per heavy atom. The third kappa shape index (κ3) is 7.78. The highest BCUT2D eigenvalue weighted by atomic mass is 15.1. The maximum Gasteiger partial charge on any atom is 0.0102 e. The lowest BCUT2D eigenvalue weighted by molar-refractivity contribution is 0.306. The first-order valence-electron chi connectivity index (χ1n) is 4.20. The predicted octanol–water partition coefficient (Wildman–Crippen LogP) is -0.171. The Labute approximate surface area is 70.2 Å². The number of nitrogens with two attached hydrogens (primary N) is 1. The fourth-order valence-electron chi connectivity index (χ4n) is 0.989. The molecule has 0 rings (SSSR count). The van der Waals surface area contributed by atoms with Crippen LogP contribution in [-0.4, -0.2) is 57.1 Å². The molecule has 0 aliphatic carbocycles. The molecule has 2 N–H and O–H groups in total. The SMILES string of the molecule is CN(C)CCCN(C)CCN. The van der Waals surface area contributed by atoms with E-state index >= 15 is 0 Å². The van der Waals surface area contributed by atoms with Crippen LogP contribution in [0.4, 0.5) is 0 Å². The van der Waals surface area contributed by atoms with E-state index in [4.69, 9.17) is 5.73 Å². The van der Waals surface area contributed by atoms with Crippen LogP contribution in [-0.2, 0) is 0 Å². The molecule has 0 atom stereocenters. The Bertz CT molecular complexity index is 83.4. The van der Waals surface area contributed by atoms with Gasteiger partial charge in [-0.2, -0.15) is 0 Å². The van der Waals surface area contributed by atoms with Crippen LogP contribution in [0.5, 0.6) is 0 Å². The molecule has 0 heterocycles. The fourth-order valence-corrected chi connectivity index (χ4v) is 0.989. The summed E-state index contributed by atoms with van der Waals surface area (Å²) in [6.45, 7) is 4.08. The number of hydrogen-bond donors (Lipinski definition) is 1. The number of nitrogens with zero attached hydrogens (tertiary/aromatic N) is 2. The van der Waals surface area contributed by atoms with E-state index in [9.17, 15) is 0 Å². The van der Waals surface area contributed by atoms with Crippen molar-refractivity contribution in [2.75, 3.05) is 47.3 Å². The molecule has 0 aliphatic rings. The summed E-state index contributed by atoms with van der Waals surface area (Å²) in [5, 5.41) is 0. The van der Waals surface area contributed by atoms with E-state index in [1.54, 1.807) is 0 Å². The largest absolute Gasteiger partial charge is 0.329 e. The maximum atomic E-state index is 5.41. The summed E-state index contributed by atoms with van der Waals surface area (Å²) in [7, 11) is 6.31. The first kappa shape index (κ1) is 10.9. The van der Waals surface area contributed by atoms with E-state index in [1.807, 2.05) is 0 Å². The Morgan fingerprint density at radius 3 is 2.09 bits per heavy atom. The van der Waals surface area contributed by atoms with E-state index in [0.29, 0.717) is 0 Å². The van der Waals surface area contributed by atoms with Gasteiger partial charge in [-0.25, -0.2) is 0 Å². The highest BCUT2D eigenvalue weighted by molar-refractivity contribution is 4.53. The summed E-state index contributed by atoms with van der Waals surface area (Å²) in [6, 6.07) is 0. The normalized spacial score (nSPS) is 11.5. The van der Waals surface area contributed by atoms with Crippen molar-refractivity contribution in [3.8, 4) is 0 Å². The first-order valence-corrected chi connectivity index (χ1v) is 4.20. The Kier molecular flexibility index (Phi) is 6.51. The molecule has 0 bridgehead atoms. The summed E-state index contributed by atoms with van der Waals surface area (Å²) < 4.78 is 0. The van der Waals surface area contributed by atoms with Gasteiger partial charge in [0.15, 0.2) is 0 Å². The van der Waals surface area contributed by atoms with Crippen molar-refractivity contribution in [2.24, 2.45) is 5.73 Å². The van der Waals surface area contributed by atoms with Gasteiger partial charge in [0, 0.05) is 13.1 Å². The van der Waals surface area contributed by atoms with Gasteiger partial charge in [-0.15, -0.1) is 0 Å². The molecular formula is C8H21N3. The van der Waals surface area contributed by atoms with Gasteiger partial charge in [-0.1, -0.05) is 0 Å². The van der Waals surface area contributed by atoms with Gasteiger partial charge in [-0.3, -0.25) is 0 Å². The molecule has 0 spiro atoms. The van der Waals surface area contributed by atoms with Gasteiger partial charge in [-0.05, 0) is 40.7 Å². The maximum absolute atomic E-state index is 5.41. The number of hydrogen-bond acceptors (Lipinski definition) is 3. The molecule has 0 fully saturated rings. The van der Waals surface area contributed by atoms with Gasteiger partial charge in [0.25, 0.3) is 0 Å². The van der Waals surface area contributed by atoms with Crippen molar-refractivity contribution in [1.82, 2.24) is 9.80 Å². The van der Waals surface area contributed by atoms with E-state index in [-0.39, 0.29) is 0 Å². The molecule has 0 radical (unpaired) electrons. The van der Waals surface area contributed by atoms with Gasteiger partial charge < -0.3 is 15.5 Å². The molecule has 0 saturated carbocycles. The molecule has 0 amide bonds. The second-order valence-corrected chi connectivity index (χ2v) is 3.25. The fraction of sp³-hybridized carbons (Fsp3) is 1.00. The Balaban J connectivity index is 3.10. The molecule has 0 aromatic carbocycles. The first-order chi connectivity index (χ1) is 5.16. The smallest absolute Gasteiger partial charge is 0.0102 e. The van der Waals surface area contributed by atoms with Crippen molar-refractivity contribution >= 4 is 0 Å². The van der Waals surface area contributed by atoms with Crippen LogP contribution in [0.15, 0.2) is 0 Å². The molecule has 11 heavy (non-hydrogen) atoms. The minimum Gasteiger partial charge on any atom is -0.329 e. The molecule has 0 aromatic rings. The Hall–Kier alpha value is -0.120. The highest BCUT2D eigenvalue weighted by Gasteiger charge is 1.96. The second-order valence-electron chi connectivity index (χ2n) is 3.25. The number of likely N-dealkylation sites (N-methyl/N-ethyl adjacent to an activating group) is 1. The van der Waals surface area contributed by atoms with Gasteiger partial charge in [0.05, 0.1) is 0 Å². The third-order valence-corrected chi connectivity index (χ3v) is 1.66. The zero-order valence-corrected chi connectivity index (χ0v) is 8.01. The van der Waals surface area contributed by atoms with Crippen LogP contribution in [0, 0.1) is 0 Å². The van der Waals surface area contributed by atoms with E-state index in [2.05, 4.69) is 30.9 Å². The van der Waals surface area contributed by atoms with Gasteiger partial charge >= 0.3 is 0 Å². The van der Waals surface area contributed by atoms with Crippen LogP contribution in [0.2, 0.25) is 0 Å². The minimum atomic E-state index is 0.762. The summed E-state index contributed by atoms with van der Waals surface area (Å²) in [6.07, 6.45) is 1.23. The number of rotatable bonds is 6. The lowest BCUT2D eigenvalue weighted by Crippen LogP contribution is -2.28. The van der Waals surface area contributed by atoms with Crippen LogP contribution in [0.1, 0.15) is 6.42 Å². The molecule has 3 heteroatoms. The molecule has 68 valence electrons. The molecular weight excluding hydrogens is 138 g/mol. The van der Waals surface area contributed by atoms with Crippen LogP contribution < -0.4 is 5.73 Å². The molecule has 3 nitrogen and oxygen atoms in total. The highest BCUT2D eigenvalue weighted by Crippen LogP contribution is 1.87. The zero-order chi connectivity index (χ0) is 8.69. The summed E-state index contributed by atoms with van der Waals surface area (Å²) in [5.74, 6) is 0. The molecule has 0 saturated heterocycles. The third-order valence-electron chi connectivity index (χ3n) is 1.66. The van der Waals surface area contributed by atoms with E-state index in [1.165, 1.54) is 6.42 Å². The monoisotopic (exact) mass is 159 g/mol. The van der Waals surface area contributed by atoms with Crippen LogP contribution >= 0.6 is 0 Å². The van der Waals surface area contributed by atoms with E-state index in [0.717, 1.165) is 26.2 Å². The van der Waals surface area contributed by atoms with Crippen molar-refractivity contribution in [1.29, 1.82) is 0 Å². The average Bonchev–Trinajstić information content (AvgIpc) is 1.87. The minimum absolute atomic E-state index is 0.762. The lowest BCUT2D eigenvalue weighted by atomic mass is 10.4. The quantitative estimate of drug-likeness (QED) is 0.584. The molecule has 0 aromatic heterocycles. The van der Waals surface area contributed by atoms with E-state index < -0.39 is 0 Å². The van der Waals surface area contributed by atoms with Crippen LogP contribution in [0.3, 0.4) is 0 Å². The lowest BCUT2D eigenvalue weighted by Gasteiger charge is -2.16. The van der Waals surface area contributed by atoms with Gasteiger partial charge in [0.2, 0.25) is 0 Å². The van der Waals surface area contributed by atoms with Crippen molar-refractivity contribution in [3.63, 3.8) is 0 Å². The standard InChI is InChI=1S/C8H21N3/c1-10(2)6-4-7-11(3)8-5-9/h4-9H2,1-3H3. The Morgan fingerprint density at radius 2 is 1.64 bits per heavy atom. The zero-order valence-electron chi connectivity index (χ0n) is 8.01. The molecule has 0 aliphatic heterocycles. The second kappa shape index (κ2) is 6.58. The summed E-state index contributed by atoms with van der Waals surface area (Å²) in [5.41, 5.74) is 5.41. The summed E-state index contributed by atoms with van der Waals surface area (Å²) in [4.78, 5) is 4.47. The molecule has 0 unspecified atom stereocenters. The predicted molar refractivity (Wildman–Crippen MR) is 49.7 cm³/mol. The average molecular weight is 159 g/mol. The topological polar surface area (TPSA) is 32.5 Å². The van der Waals surface area contributed by atoms with Crippen molar-refractivity contribution in [2.45, 2.75) is 6.42 Å². The van der Waals surface area contributed by atoms with Crippen molar-refractivity contribution in [3.05, 3.63) is 0 Å².